The van der Waals surface area contributed by atoms with Crippen LogP contribution in [0.4, 0.5) is 0 Å². The SMILES string of the molecule is COc1cn([C@H]2C[C@H](N=[N+]=[N-])[C@@H](CO)O2)c(=S)[nH]c1=O. The molecule has 3 atom stereocenters. The highest BCUT2D eigenvalue weighted by atomic mass is 32.1. The number of aromatic nitrogens is 2. The summed E-state index contributed by atoms with van der Waals surface area (Å²) in [6, 6.07) is -0.491. The number of azide groups is 1. The second kappa shape index (κ2) is 6.06. The van der Waals surface area contributed by atoms with E-state index in [9.17, 15) is 9.90 Å². The van der Waals surface area contributed by atoms with Crippen molar-refractivity contribution in [3.05, 3.63) is 31.8 Å². The molecule has 1 saturated heterocycles. The molecule has 0 aromatic carbocycles. The van der Waals surface area contributed by atoms with E-state index >= 15 is 0 Å². The van der Waals surface area contributed by atoms with Crippen LogP contribution in [0, 0.1) is 4.77 Å². The largest absolute Gasteiger partial charge is 0.490 e. The van der Waals surface area contributed by atoms with Crippen LogP contribution in [0.5, 0.6) is 5.75 Å². The van der Waals surface area contributed by atoms with Gasteiger partial charge < -0.3 is 14.6 Å². The molecule has 0 radical (unpaired) electrons. The van der Waals surface area contributed by atoms with Crippen molar-refractivity contribution in [3.8, 4) is 5.75 Å². The Labute approximate surface area is 118 Å². The van der Waals surface area contributed by atoms with Crippen LogP contribution in [0.3, 0.4) is 0 Å². The van der Waals surface area contributed by atoms with Gasteiger partial charge in [0.2, 0.25) is 5.75 Å². The molecule has 1 aliphatic rings. The maximum absolute atomic E-state index is 11.5. The second-order valence-electron chi connectivity index (χ2n) is 4.18. The molecule has 2 heterocycles. The van der Waals surface area contributed by atoms with Gasteiger partial charge in [-0.1, -0.05) is 5.11 Å². The molecule has 0 bridgehead atoms. The van der Waals surface area contributed by atoms with Crippen LogP contribution in [-0.2, 0) is 4.74 Å². The van der Waals surface area contributed by atoms with Crippen molar-refractivity contribution in [2.45, 2.75) is 24.8 Å². The number of aromatic amines is 1. The summed E-state index contributed by atoms with van der Waals surface area (Å²) in [6.45, 7) is -0.270. The average molecular weight is 299 g/mol. The molecule has 1 aromatic heterocycles. The van der Waals surface area contributed by atoms with E-state index in [1.165, 1.54) is 17.9 Å². The van der Waals surface area contributed by atoms with E-state index in [0.29, 0.717) is 6.42 Å². The first kappa shape index (κ1) is 14.5. The van der Waals surface area contributed by atoms with Crippen molar-refractivity contribution >= 4 is 12.2 Å². The summed E-state index contributed by atoms with van der Waals surface area (Å²) in [5, 5.41) is 12.8. The zero-order valence-corrected chi connectivity index (χ0v) is 11.4. The molecule has 108 valence electrons. The lowest BCUT2D eigenvalue weighted by Crippen LogP contribution is -2.23. The molecular weight excluding hydrogens is 286 g/mol. The fourth-order valence-corrected chi connectivity index (χ4v) is 2.33. The van der Waals surface area contributed by atoms with Gasteiger partial charge >= 0.3 is 0 Å². The summed E-state index contributed by atoms with van der Waals surface area (Å²) in [5.41, 5.74) is 8.06. The number of nitrogens with one attached hydrogen (secondary N) is 1. The standard InChI is InChI=1S/C10H13N5O4S/c1-18-6-3-15(10(20)12-9(6)17)8-2-5(13-14-11)7(4-16)19-8/h3,5,7-8,16H,2,4H2,1H3,(H,12,17,20)/t5-,7+,8+/m0/s1. The number of nitrogens with zero attached hydrogens (tertiary/aromatic N) is 4. The molecule has 1 fully saturated rings. The van der Waals surface area contributed by atoms with Gasteiger partial charge in [0, 0.05) is 11.3 Å². The molecule has 1 aliphatic heterocycles. The maximum Gasteiger partial charge on any atom is 0.294 e. The van der Waals surface area contributed by atoms with Crippen molar-refractivity contribution in [2.75, 3.05) is 13.7 Å². The third-order valence-corrected chi connectivity index (χ3v) is 3.36. The fraction of sp³-hybridized carbons (Fsp3) is 0.600. The molecule has 0 amide bonds. The number of hydrogen-bond donors (Lipinski definition) is 2. The maximum atomic E-state index is 11.5. The summed E-state index contributed by atoms with van der Waals surface area (Å²) in [6.07, 6.45) is 0.633. The van der Waals surface area contributed by atoms with Crippen LogP contribution < -0.4 is 10.3 Å². The number of aliphatic hydroxyl groups excluding tert-OH is 1. The smallest absolute Gasteiger partial charge is 0.294 e. The number of ether oxygens (including phenoxy) is 2. The molecule has 0 aliphatic carbocycles. The molecule has 10 heteroatoms. The van der Waals surface area contributed by atoms with Gasteiger partial charge in [0.05, 0.1) is 32.1 Å². The Kier molecular flexibility index (Phi) is 4.40. The van der Waals surface area contributed by atoms with E-state index in [4.69, 9.17) is 27.2 Å². The van der Waals surface area contributed by atoms with Gasteiger partial charge in [0.1, 0.15) is 6.23 Å². The van der Waals surface area contributed by atoms with Crippen molar-refractivity contribution in [1.29, 1.82) is 0 Å². The Balaban J connectivity index is 2.36. The van der Waals surface area contributed by atoms with Gasteiger partial charge in [-0.15, -0.1) is 0 Å². The topological polar surface area (TPSA) is 125 Å². The van der Waals surface area contributed by atoms with Crippen LogP contribution >= 0.6 is 12.2 Å². The lowest BCUT2D eigenvalue weighted by molar-refractivity contribution is -0.0264. The summed E-state index contributed by atoms with van der Waals surface area (Å²) < 4.78 is 12.2. The zero-order valence-electron chi connectivity index (χ0n) is 10.6. The lowest BCUT2D eigenvalue weighted by atomic mass is 10.1. The molecule has 2 N–H and O–H groups in total. The lowest BCUT2D eigenvalue weighted by Gasteiger charge is -2.16. The third-order valence-electron chi connectivity index (χ3n) is 3.05. The van der Waals surface area contributed by atoms with Crippen LogP contribution in [0.2, 0.25) is 0 Å². The monoisotopic (exact) mass is 299 g/mol. The van der Waals surface area contributed by atoms with E-state index in [2.05, 4.69) is 15.0 Å². The second-order valence-corrected chi connectivity index (χ2v) is 4.57. The van der Waals surface area contributed by atoms with Crippen molar-refractivity contribution < 1.29 is 14.6 Å². The molecule has 2 rings (SSSR count). The highest BCUT2D eigenvalue weighted by molar-refractivity contribution is 7.71. The molecule has 9 nitrogen and oxygen atoms in total. The quantitative estimate of drug-likeness (QED) is 0.369. The van der Waals surface area contributed by atoms with Crippen LogP contribution in [0.15, 0.2) is 16.1 Å². The molecule has 0 spiro atoms. The molecule has 0 unspecified atom stereocenters. The third kappa shape index (κ3) is 2.68. The number of H-pyrrole nitrogens is 1. The zero-order chi connectivity index (χ0) is 14.7. The molecule has 20 heavy (non-hydrogen) atoms. The summed E-state index contributed by atoms with van der Waals surface area (Å²) >= 11 is 5.07. The Morgan fingerprint density at radius 2 is 2.55 bits per heavy atom. The Morgan fingerprint density at radius 1 is 1.80 bits per heavy atom. The normalized spacial score (nSPS) is 25.2. The molecule has 1 aromatic rings. The minimum Gasteiger partial charge on any atom is -0.490 e. The van der Waals surface area contributed by atoms with Crippen molar-refractivity contribution in [3.63, 3.8) is 0 Å². The van der Waals surface area contributed by atoms with Gasteiger partial charge in [0.25, 0.3) is 5.56 Å². The first-order chi connectivity index (χ1) is 9.60. The van der Waals surface area contributed by atoms with Crippen LogP contribution in [0.25, 0.3) is 10.4 Å². The van der Waals surface area contributed by atoms with E-state index in [0.717, 1.165) is 0 Å². The van der Waals surface area contributed by atoms with Gasteiger partial charge in [-0.05, 0) is 17.7 Å². The van der Waals surface area contributed by atoms with E-state index in [1.54, 1.807) is 0 Å². The number of rotatable bonds is 4. The molecular formula is C10H13N5O4S. The fourth-order valence-electron chi connectivity index (χ4n) is 2.06. The Morgan fingerprint density at radius 3 is 3.15 bits per heavy atom. The number of aliphatic hydroxyl groups is 1. The number of methoxy groups -OCH3 is 1. The van der Waals surface area contributed by atoms with E-state index in [-0.39, 0.29) is 17.1 Å². The van der Waals surface area contributed by atoms with Gasteiger partial charge in [-0.3, -0.25) is 14.3 Å². The van der Waals surface area contributed by atoms with Gasteiger partial charge in [0.15, 0.2) is 4.77 Å². The van der Waals surface area contributed by atoms with Gasteiger partial charge in [-0.2, -0.15) is 0 Å². The first-order valence-electron chi connectivity index (χ1n) is 5.80. The average Bonchev–Trinajstić information content (AvgIpc) is 2.82. The first-order valence-corrected chi connectivity index (χ1v) is 6.21. The predicted molar refractivity (Wildman–Crippen MR) is 71.0 cm³/mol. The summed E-state index contributed by atoms with van der Waals surface area (Å²) in [5.74, 6) is 0.0926. The Bertz CT molecular complexity index is 650. The highest BCUT2D eigenvalue weighted by Gasteiger charge is 2.35. The summed E-state index contributed by atoms with van der Waals surface area (Å²) in [4.78, 5) is 16.7. The number of hydrogen-bond acceptors (Lipinski definition) is 6. The predicted octanol–water partition coefficient (Wildman–Crippen LogP) is 0.873. The van der Waals surface area contributed by atoms with Gasteiger partial charge in [-0.25, -0.2) is 0 Å². The summed E-state index contributed by atoms with van der Waals surface area (Å²) in [7, 11) is 1.37. The van der Waals surface area contributed by atoms with Crippen molar-refractivity contribution in [2.24, 2.45) is 5.11 Å². The minimum atomic E-state index is -0.601. The van der Waals surface area contributed by atoms with E-state index < -0.39 is 23.9 Å². The van der Waals surface area contributed by atoms with Crippen LogP contribution in [0.1, 0.15) is 12.6 Å². The van der Waals surface area contributed by atoms with Crippen LogP contribution in [-0.4, -0.2) is 40.5 Å². The van der Waals surface area contributed by atoms with E-state index in [1.807, 2.05) is 0 Å². The minimum absolute atomic E-state index is 0.0926. The molecule has 0 saturated carbocycles. The Hall–Kier alpha value is -1.87. The van der Waals surface area contributed by atoms with Crippen molar-refractivity contribution in [1.82, 2.24) is 9.55 Å². The highest BCUT2D eigenvalue weighted by Crippen LogP contribution is 2.31.